The topological polar surface area (TPSA) is 63.4 Å². The molecule has 2 heterocycles. The summed E-state index contributed by atoms with van der Waals surface area (Å²) in [6, 6.07) is 3.59. The molecule has 1 saturated heterocycles. The van der Waals surface area contributed by atoms with Crippen LogP contribution in [0, 0.1) is 0 Å². The molecule has 0 aliphatic carbocycles. The van der Waals surface area contributed by atoms with E-state index in [-0.39, 0.29) is 6.04 Å². The number of nitrogens with zero attached hydrogens (tertiary/aromatic N) is 1. The zero-order chi connectivity index (χ0) is 13.2. The lowest BCUT2D eigenvalue weighted by atomic mass is 10.1. The lowest BCUT2D eigenvalue weighted by molar-refractivity contribution is 0.258. The van der Waals surface area contributed by atoms with E-state index in [0.29, 0.717) is 17.3 Å². The van der Waals surface area contributed by atoms with Gasteiger partial charge in [-0.2, -0.15) is 4.31 Å². The van der Waals surface area contributed by atoms with Crippen LogP contribution < -0.4 is 5.73 Å². The highest BCUT2D eigenvalue weighted by atomic mass is 32.2. The van der Waals surface area contributed by atoms with Crippen LogP contribution in [-0.4, -0.2) is 31.9 Å². The predicted molar refractivity (Wildman–Crippen MR) is 74.3 cm³/mol. The largest absolute Gasteiger partial charge is 0.329 e. The van der Waals surface area contributed by atoms with E-state index in [9.17, 15) is 8.42 Å². The van der Waals surface area contributed by atoms with Gasteiger partial charge in [-0.3, -0.25) is 0 Å². The van der Waals surface area contributed by atoms with Gasteiger partial charge in [-0.25, -0.2) is 8.42 Å². The number of piperidine rings is 1. The van der Waals surface area contributed by atoms with Crippen molar-refractivity contribution in [1.82, 2.24) is 4.31 Å². The van der Waals surface area contributed by atoms with Gasteiger partial charge in [0.2, 0.25) is 0 Å². The first-order valence-corrected chi connectivity index (χ1v) is 8.66. The number of rotatable bonds is 4. The fourth-order valence-corrected chi connectivity index (χ4v) is 5.46. The molecule has 0 spiro atoms. The second-order valence-corrected chi connectivity index (χ2v) is 7.86. The van der Waals surface area contributed by atoms with Gasteiger partial charge >= 0.3 is 0 Å². The van der Waals surface area contributed by atoms with E-state index < -0.39 is 10.0 Å². The number of nitrogens with two attached hydrogens (primary N) is 1. The summed E-state index contributed by atoms with van der Waals surface area (Å²) in [5, 5.41) is 0. The van der Waals surface area contributed by atoms with Gasteiger partial charge in [0, 0.05) is 24.0 Å². The minimum Gasteiger partial charge on any atom is -0.329 e. The van der Waals surface area contributed by atoms with Crippen LogP contribution in [0.2, 0.25) is 0 Å². The van der Waals surface area contributed by atoms with Crippen LogP contribution in [0.3, 0.4) is 0 Å². The van der Waals surface area contributed by atoms with Gasteiger partial charge in [0.25, 0.3) is 10.0 Å². The van der Waals surface area contributed by atoms with E-state index in [0.717, 1.165) is 30.6 Å². The van der Waals surface area contributed by atoms with Crippen molar-refractivity contribution in [1.29, 1.82) is 0 Å². The monoisotopic (exact) mass is 288 g/mol. The highest BCUT2D eigenvalue weighted by Gasteiger charge is 2.33. The Morgan fingerprint density at radius 1 is 1.44 bits per heavy atom. The standard InChI is InChI=1S/C12H20N2O2S2/c1-2-11-6-7-12(17-11)18(15,16)14-8-4-3-5-10(14)9-13/h6-7,10H,2-5,8-9,13H2,1H3. The van der Waals surface area contributed by atoms with Crippen LogP contribution in [0.4, 0.5) is 0 Å². The third kappa shape index (κ3) is 2.61. The second kappa shape index (κ2) is 5.69. The molecule has 0 saturated carbocycles. The van der Waals surface area contributed by atoms with Crippen LogP contribution in [0.5, 0.6) is 0 Å². The van der Waals surface area contributed by atoms with Crippen LogP contribution in [0.15, 0.2) is 16.3 Å². The van der Waals surface area contributed by atoms with Crippen molar-refractivity contribution in [2.24, 2.45) is 5.73 Å². The quantitative estimate of drug-likeness (QED) is 0.919. The van der Waals surface area contributed by atoms with Crippen molar-refractivity contribution in [3.05, 3.63) is 17.0 Å². The zero-order valence-corrected chi connectivity index (χ0v) is 12.3. The summed E-state index contributed by atoms with van der Waals surface area (Å²) in [7, 11) is -3.34. The molecule has 0 aromatic carbocycles. The van der Waals surface area contributed by atoms with Gasteiger partial charge in [-0.1, -0.05) is 13.3 Å². The van der Waals surface area contributed by atoms with Gasteiger partial charge in [-0.15, -0.1) is 11.3 Å². The Labute approximate surface area is 113 Å². The number of thiophene rings is 1. The maximum atomic E-state index is 12.6. The van der Waals surface area contributed by atoms with Crippen molar-refractivity contribution in [2.75, 3.05) is 13.1 Å². The van der Waals surface area contributed by atoms with Crippen molar-refractivity contribution < 1.29 is 8.42 Å². The minimum absolute atomic E-state index is 0.0315. The lowest BCUT2D eigenvalue weighted by Crippen LogP contribution is -2.47. The molecule has 1 unspecified atom stereocenters. The molecular formula is C12H20N2O2S2. The summed E-state index contributed by atoms with van der Waals surface area (Å²) in [5.74, 6) is 0. The first-order chi connectivity index (χ1) is 8.59. The Balaban J connectivity index is 2.28. The number of sulfonamides is 1. The summed E-state index contributed by atoms with van der Waals surface area (Å²) in [4.78, 5) is 1.11. The Morgan fingerprint density at radius 2 is 2.22 bits per heavy atom. The maximum absolute atomic E-state index is 12.6. The van der Waals surface area contributed by atoms with Crippen LogP contribution in [0.25, 0.3) is 0 Å². The summed E-state index contributed by atoms with van der Waals surface area (Å²) >= 11 is 1.38. The summed E-state index contributed by atoms with van der Waals surface area (Å²) < 4.78 is 27.2. The average molecular weight is 288 g/mol. The van der Waals surface area contributed by atoms with Crippen molar-refractivity contribution in [2.45, 2.75) is 42.9 Å². The zero-order valence-electron chi connectivity index (χ0n) is 10.6. The first kappa shape index (κ1) is 14.0. The molecule has 0 amide bonds. The molecule has 6 heteroatoms. The SMILES string of the molecule is CCc1ccc(S(=O)(=O)N2CCCCC2CN)s1. The molecule has 2 rings (SSSR count). The average Bonchev–Trinajstić information content (AvgIpc) is 2.88. The molecular weight excluding hydrogens is 268 g/mol. The normalized spacial score (nSPS) is 22.2. The van der Waals surface area contributed by atoms with Gasteiger partial charge in [0.05, 0.1) is 0 Å². The van der Waals surface area contributed by atoms with Gasteiger partial charge < -0.3 is 5.73 Å². The van der Waals surface area contributed by atoms with Crippen molar-refractivity contribution in [3.8, 4) is 0 Å². The molecule has 1 aliphatic heterocycles. The lowest BCUT2D eigenvalue weighted by Gasteiger charge is -2.33. The van der Waals surface area contributed by atoms with Crippen molar-refractivity contribution >= 4 is 21.4 Å². The van der Waals surface area contributed by atoms with Crippen LogP contribution in [0.1, 0.15) is 31.1 Å². The third-order valence-electron chi connectivity index (χ3n) is 3.39. The minimum atomic E-state index is -3.34. The smallest absolute Gasteiger partial charge is 0.252 e. The van der Waals surface area contributed by atoms with E-state index in [1.54, 1.807) is 10.4 Å². The predicted octanol–water partition coefficient (Wildman–Crippen LogP) is 1.81. The van der Waals surface area contributed by atoms with Crippen LogP contribution in [-0.2, 0) is 16.4 Å². The van der Waals surface area contributed by atoms with Gasteiger partial charge in [0.15, 0.2) is 0 Å². The number of hydrogen-bond acceptors (Lipinski definition) is 4. The molecule has 0 bridgehead atoms. The molecule has 1 atom stereocenters. The van der Waals surface area contributed by atoms with Gasteiger partial charge in [0.1, 0.15) is 4.21 Å². The second-order valence-electron chi connectivity index (χ2n) is 4.58. The molecule has 1 fully saturated rings. The molecule has 18 heavy (non-hydrogen) atoms. The third-order valence-corrected chi connectivity index (χ3v) is 7.04. The first-order valence-electron chi connectivity index (χ1n) is 6.40. The van der Waals surface area contributed by atoms with E-state index in [4.69, 9.17) is 5.73 Å². The van der Waals surface area contributed by atoms with E-state index in [1.807, 2.05) is 13.0 Å². The number of aryl methyl sites for hydroxylation is 1. The van der Waals surface area contributed by atoms with E-state index in [2.05, 4.69) is 0 Å². The molecule has 1 aromatic rings. The highest BCUT2D eigenvalue weighted by Crippen LogP contribution is 2.29. The molecule has 4 nitrogen and oxygen atoms in total. The fraction of sp³-hybridized carbons (Fsp3) is 0.667. The van der Waals surface area contributed by atoms with E-state index in [1.165, 1.54) is 11.3 Å². The van der Waals surface area contributed by atoms with Crippen LogP contribution >= 0.6 is 11.3 Å². The fourth-order valence-electron chi connectivity index (χ4n) is 2.33. The molecule has 102 valence electrons. The van der Waals surface area contributed by atoms with Gasteiger partial charge in [-0.05, 0) is 31.4 Å². The Kier molecular flexibility index (Phi) is 4.42. The van der Waals surface area contributed by atoms with Crippen molar-refractivity contribution in [3.63, 3.8) is 0 Å². The summed E-state index contributed by atoms with van der Waals surface area (Å²) in [6.45, 7) is 3.04. The molecule has 2 N–H and O–H groups in total. The Bertz CT molecular complexity index is 496. The summed E-state index contributed by atoms with van der Waals surface area (Å²) in [5.41, 5.74) is 5.70. The highest BCUT2D eigenvalue weighted by molar-refractivity contribution is 7.91. The maximum Gasteiger partial charge on any atom is 0.252 e. The Morgan fingerprint density at radius 3 is 2.83 bits per heavy atom. The molecule has 0 radical (unpaired) electrons. The number of hydrogen-bond donors (Lipinski definition) is 1. The summed E-state index contributed by atoms with van der Waals surface area (Å²) in [6.07, 6.45) is 3.75. The van der Waals surface area contributed by atoms with E-state index >= 15 is 0 Å². The molecule has 1 aliphatic rings. The Hall–Kier alpha value is -0.430. The molecule has 1 aromatic heterocycles.